The van der Waals surface area contributed by atoms with Crippen LogP contribution in [-0.4, -0.2) is 9.97 Å². The molecule has 1 N–H and O–H groups in total. The van der Waals surface area contributed by atoms with E-state index in [-0.39, 0.29) is 6.04 Å². The Balaban J connectivity index is 2.11. The minimum atomic E-state index is 0.210. The Labute approximate surface area is 99.5 Å². The van der Waals surface area contributed by atoms with Crippen LogP contribution in [0.1, 0.15) is 18.5 Å². The summed E-state index contributed by atoms with van der Waals surface area (Å²) in [5.41, 5.74) is 2.15. The van der Waals surface area contributed by atoms with Gasteiger partial charge in [0.15, 0.2) is 0 Å². The fourth-order valence-corrected chi connectivity index (χ4v) is 1.65. The average molecular weight is 234 g/mol. The van der Waals surface area contributed by atoms with Crippen molar-refractivity contribution in [3.8, 4) is 0 Å². The lowest BCUT2D eigenvalue weighted by atomic mass is 10.1. The van der Waals surface area contributed by atoms with Gasteiger partial charge in [-0.2, -0.15) is 0 Å². The number of aromatic nitrogens is 2. The normalized spacial score (nSPS) is 12.1. The molecule has 1 unspecified atom stereocenters. The molecular weight excluding hydrogens is 222 g/mol. The third kappa shape index (κ3) is 2.70. The van der Waals surface area contributed by atoms with Crippen molar-refractivity contribution in [2.24, 2.45) is 0 Å². The monoisotopic (exact) mass is 233 g/mol. The molecule has 2 heterocycles. The molecule has 0 amide bonds. The second-order valence-corrected chi connectivity index (χ2v) is 3.90. The summed E-state index contributed by atoms with van der Waals surface area (Å²) in [6.45, 7) is 2.09. The van der Waals surface area contributed by atoms with Gasteiger partial charge in [-0.15, -0.1) is 0 Å². The first-order valence-electron chi connectivity index (χ1n) is 5.04. The van der Waals surface area contributed by atoms with Gasteiger partial charge in [0.25, 0.3) is 0 Å². The smallest absolute Gasteiger partial charge is 0.131 e. The zero-order valence-corrected chi connectivity index (χ0v) is 9.65. The van der Waals surface area contributed by atoms with E-state index >= 15 is 0 Å². The molecule has 0 aromatic carbocycles. The van der Waals surface area contributed by atoms with Gasteiger partial charge in [0.1, 0.15) is 5.15 Å². The van der Waals surface area contributed by atoms with E-state index in [0.29, 0.717) is 5.15 Å². The molecule has 82 valence electrons. The average Bonchev–Trinajstić information content (AvgIpc) is 2.30. The Bertz CT molecular complexity index is 459. The zero-order chi connectivity index (χ0) is 11.4. The molecule has 2 rings (SSSR count). The summed E-state index contributed by atoms with van der Waals surface area (Å²) in [5.74, 6) is 0. The van der Waals surface area contributed by atoms with Crippen LogP contribution in [0.2, 0.25) is 5.15 Å². The van der Waals surface area contributed by atoms with Crippen LogP contribution in [0.25, 0.3) is 0 Å². The van der Waals surface area contributed by atoms with Crippen LogP contribution in [0.4, 0.5) is 5.69 Å². The highest BCUT2D eigenvalue weighted by molar-refractivity contribution is 6.29. The predicted molar refractivity (Wildman–Crippen MR) is 65.5 cm³/mol. The van der Waals surface area contributed by atoms with Crippen LogP contribution in [0.15, 0.2) is 42.9 Å². The largest absolute Gasteiger partial charge is 0.378 e. The van der Waals surface area contributed by atoms with Gasteiger partial charge in [0.05, 0.1) is 0 Å². The lowest BCUT2D eigenvalue weighted by Gasteiger charge is -2.15. The number of hydrogen-bond donors (Lipinski definition) is 1. The van der Waals surface area contributed by atoms with Crippen molar-refractivity contribution in [3.63, 3.8) is 0 Å². The molecule has 0 saturated heterocycles. The molecule has 4 heteroatoms. The summed E-state index contributed by atoms with van der Waals surface area (Å²) >= 11 is 5.81. The Kier molecular flexibility index (Phi) is 3.37. The summed E-state index contributed by atoms with van der Waals surface area (Å²) in [4.78, 5) is 7.93. The summed E-state index contributed by atoms with van der Waals surface area (Å²) in [6, 6.07) is 7.88. The Morgan fingerprint density at radius 3 is 2.62 bits per heavy atom. The van der Waals surface area contributed by atoms with Gasteiger partial charge in [-0.25, -0.2) is 4.98 Å². The van der Waals surface area contributed by atoms with Gasteiger partial charge in [-0.3, -0.25) is 4.98 Å². The summed E-state index contributed by atoms with van der Waals surface area (Å²) < 4.78 is 0. The minimum Gasteiger partial charge on any atom is -0.378 e. The number of nitrogens with zero attached hydrogens (tertiary/aromatic N) is 2. The molecule has 0 spiro atoms. The van der Waals surface area contributed by atoms with Crippen LogP contribution in [0.3, 0.4) is 0 Å². The third-order valence-electron chi connectivity index (χ3n) is 2.32. The van der Waals surface area contributed by atoms with E-state index in [1.807, 2.05) is 18.2 Å². The predicted octanol–water partition coefficient (Wildman–Crippen LogP) is 3.30. The molecule has 0 radical (unpaired) electrons. The van der Waals surface area contributed by atoms with Crippen LogP contribution in [0.5, 0.6) is 0 Å². The number of rotatable bonds is 3. The standard InChI is InChI=1S/C12H12ClN3/c1-9(10-2-5-14-6-3-10)16-11-4-7-15-12(13)8-11/h2-9H,1H3,(H,15,16). The molecule has 16 heavy (non-hydrogen) atoms. The highest BCUT2D eigenvalue weighted by Gasteiger charge is 2.04. The lowest BCUT2D eigenvalue weighted by Crippen LogP contribution is -2.06. The lowest BCUT2D eigenvalue weighted by molar-refractivity contribution is 0.880. The maximum absolute atomic E-state index is 5.81. The molecule has 0 saturated carbocycles. The van der Waals surface area contributed by atoms with Gasteiger partial charge in [0, 0.05) is 30.3 Å². The van der Waals surface area contributed by atoms with Crippen LogP contribution in [0, 0.1) is 0 Å². The van der Waals surface area contributed by atoms with Gasteiger partial charge in [0.2, 0.25) is 0 Å². The van der Waals surface area contributed by atoms with Gasteiger partial charge >= 0.3 is 0 Å². The van der Waals surface area contributed by atoms with Crippen molar-refractivity contribution in [3.05, 3.63) is 53.6 Å². The summed E-state index contributed by atoms with van der Waals surface area (Å²) in [7, 11) is 0. The van der Waals surface area contributed by atoms with E-state index in [9.17, 15) is 0 Å². The molecule has 3 nitrogen and oxygen atoms in total. The minimum absolute atomic E-state index is 0.210. The molecule has 0 aliphatic heterocycles. The molecule has 0 fully saturated rings. The first kappa shape index (κ1) is 10.9. The maximum atomic E-state index is 5.81. The van der Waals surface area contributed by atoms with Crippen molar-refractivity contribution in [1.29, 1.82) is 0 Å². The number of anilines is 1. The molecule has 0 bridgehead atoms. The third-order valence-corrected chi connectivity index (χ3v) is 2.52. The fraction of sp³-hybridized carbons (Fsp3) is 0.167. The molecule has 2 aromatic rings. The van der Waals surface area contributed by atoms with E-state index in [4.69, 9.17) is 11.6 Å². The van der Waals surface area contributed by atoms with Gasteiger partial charge in [-0.05, 0) is 36.8 Å². The van der Waals surface area contributed by atoms with E-state index in [0.717, 1.165) is 5.69 Å². The Morgan fingerprint density at radius 2 is 1.94 bits per heavy atom. The molecule has 0 aliphatic rings. The van der Waals surface area contributed by atoms with E-state index < -0.39 is 0 Å². The highest BCUT2D eigenvalue weighted by atomic mass is 35.5. The van der Waals surface area contributed by atoms with Crippen molar-refractivity contribution < 1.29 is 0 Å². The highest BCUT2D eigenvalue weighted by Crippen LogP contribution is 2.19. The van der Waals surface area contributed by atoms with Crippen molar-refractivity contribution in [1.82, 2.24) is 9.97 Å². The SMILES string of the molecule is CC(Nc1ccnc(Cl)c1)c1ccncc1. The van der Waals surface area contributed by atoms with Crippen molar-refractivity contribution in [2.45, 2.75) is 13.0 Å². The quantitative estimate of drug-likeness (QED) is 0.827. The van der Waals surface area contributed by atoms with E-state index in [2.05, 4.69) is 22.2 Å². The Morgan fingerprint density at radius 1 is 1.19 bits per heavy atom. The van der Waals surface area contributed by atoms with E-state index in [1.165, 1.54) is 5.56 Å². The maximum Gasteiger partial charge on any atom is 0.131 e. The van der Waals surface area contributed by atoms with Crippen LogP contribution >= 0.6 is 11.6 Å². The first-order valence-corrected chi connectivity index (χ1v) is 5.41. The van der Waals surface area contributed by atoms with Crippen LogP contribution in [-0.2, 0) is 0 Å². The Hall–Kier alpha value is -1.61. The molecule has 1 atom stereocenters. The molecule has 2 aromatic heterocycles. The fourth-order valence-electron chi connectivity index (χ4n) is 1.48. The van der Waals surface area contributed by atoms with Crippen molar-refractivity contribution in [2.75, 3.05) is 5.32 Å². The second kappa shape index (κ2) is 4.94. The zero-order valence-electron chi connectivity index (χ0n) is 8.89. The molecule has 0 aliphatic carbocycles. The van der Waals surface area contributed by atoms with Crippen LogP contribution < -0.4 is 5.32 Å². The number of hydrogen-bond acceptors (Lipinski definition) is 3. The topological polar surface area (TPSA) is 37.8 Å². The number of nitrogens with one attached hydrogen (secondary N) is 1. The summed E-state index contributed by atoms with van der Waals surface area (Å²) in [6.07, 6.45) is 5.25. The van der Waals surface area contributed by atoms with Crippen molar-refractivity contribution >= 4 is 17.3 Å². The number of halogens is 1. The van der Waals surface area contributed by atoms with E-state index in [1.54, 1.807) is 24.7 Å². The first-order chi connectivity index (χ1) is 7.75. The summed E-state index contributed by atoms with van der Waals surface area (Å²) in [5, 5.41) is 3.84. The van der Waals surface area contributed by atoms with Gasteiger partial charge < -0.3 is 5.32 Å². The second-order valence-electron chi connectivity index (χ2n) is 3.51. The number of pyridine rings is 2. The molecular formula is C12H12ClN3. The van der Waals surface area contributed by atoms with Gasteiger partial charge in [-0.1, -0.05) is 11.6 Å².